The molecule has 34 heavy (non-hydrogen) atoms. The molecule has 0 bridgehead atoms. The van der Waals surface area contributed by atoms with Gasteiger partial charge in [-0.05, 0) is 67.1 Å². The number of carbonyl (C=O) groups is 3. The van der Waals surface area contributed by atoms with Crippen molar-refractivity contribution < 1.29 is 27.9 Å². The number of nitrogens with zero attached hydrogens (tertiary/aromatic N) is 2. The van der Waals surface area contributed by atoms with Crippen LogP contribution in [-0.4, -0.2) is 35.4 Å². The average molecular weight is 465 g/mol. The first-order chi connectivity index (χ1) is 16.5. The second-order valence-electron chi connectivity index (χ2n) is 7.78. The topological polar surface area (TPSA) is 92.1 Å². The highest BCUT2D eigenvalue weighted by Gasteiger charge is 2.47. The Morgan fingerprint density at radius 3 is 2.47 bits per heavy atom. The molecule has 2 aromatic carbocycles. The molecule has 0 aliphatic carbocycles. The van der Waals surface area contributed by atoms with Gasteiger partial charge in [0.1, 0.15) is 23.4 Å². The van der Waals surface area contributed by atoms with E-state index in [0.29, 0.717) is 23.8 Å². The molecule has 1 aromatic heterocycles. The minimum Gasteiger partial charge on any atom is -0.494 e. The van der Waals surface area contributed by atoms with Crippen LogP contribution < -0.4 is 15.0 Å². The lowest BCUT2D eigenvalue weighted by atomic mass is 10.1. The summed E-state index contributed by atoms with van der Waals surface area (Å²) in [7, 11) is 0. The summed E-state index contributed by atoms with van der Waals surface area (Å²) in [6.07, 6.45) is 2.10. The summed E-state index contributed by atoms with van der Waals surface area (Å²) >= 11 is 0. The maximum Gasteiger partial charge on any atom is 0.332 e. The van der Waals surface area contributed by atoms with Gasteiger partial charge in [-0.3, -0.25) is 9.59 Å². The largest absolute Gasteiger partial charge is 0.494 e. The Kier molecular flexibility index (Phi) is 6.91. The van der Waals surface area contributed by atoms with Gasteiger partial charge >= 0.3 is 6.03 Å². The van der Waals surface area contributed by atoms with Gasteiger partial charge in [0.05, 0.1) is 31.5 Å². The fraction of sp³-hybridized carbons (Fsp3) is 0.240. The summed E-state index contributed by atoms with van der Waals surface area (Å²) in [5.74, 6) is -0.330. The summed E-state index contributed by atoms with van der Waals surface area (Å²) in [6.45, 7) is 2.62. The van der Waals surface area contributed by atoms with Crippen LogP contribution in [0.2, 0.25) is 0 Å². The summed E-state index contributed by atoms with van der Waals surface area (Å²) in [5, 5.41) is 2.75. The van der Waals surface area contributed by atoms with E-state index in [-0.39, 0.29) is 18.7 Å². The van der Waals surface area contributed by atoms with Crippen LogP contribution in [0.4, 0.5) is 20.6 Å². The quantitative estimate of drug-likeness (QED) is 0.467. The van der Waals surface area contributed by atoms with Gasteiger partial charge in [-0.25, -0.2) is 14.1 Å². The van der Waals surface area contributed by atoms with Crippen molar-refractivity contribution in [2.24, 2.45) is 0 Å². The SMILES string of the molecule is CCCOc1ccc(NC(=O)C[C@H]2C(=O)N(c3ccc(F)cc3)C(=O)N2Cc2ccco2)cc1. The molecule has 4 rings (SSSR count). The van der Waals surface area contributed by atoms with E-state index in [0.717, 1.165) is 11.3 Å². The Balaban J connectivity index is 1.51. The maximum absolute atomic E-state index is 13.4. The van der Waals surface area contributed by atoms with Gasteiger partial charge in [0.15, 0.2) is 0 Å². The predicted molar refractivity (Wildman–Crippen MR) is 123 cm³/mol. The molecular formula is C25H24FN3O5. The van der Waals surface area contributed by atoms with E-state index >= 15 is 0 Å². The molecule has 1 atom stereocenters. The minimum atomic E-state index is -1.05. The third-order valence-electron chi connectivity index (χ3n) is 5.30. The lowest BCUT2D eigenvalue weighted by Crippen LogP contribution is -2.37. The van der Waals surface area contributed by atoms with Crippen molar-refractivity contribution in [1.29, 1.82) is 0 Å². The highest BCUT2D eigenvalue weighted by Crippen LogP contribution is 2.29. The van der Waals surface area contributed by atoms with E-state index in [1.807, 2.05) is 6.92 Å². The number of hydrogen-bond donors (Lipinski definition) is 1. The smallest absolute Gasteiger partial charge is 0.332 e. The maximum atomic E-state index is 13.4. The lowest BCUT2D eigenvalue weighted by Gasteiger charge is -2.20. The summed E-state index contributed by atoms with van der Waals surface area (Å²) in [6, 6.07) is 13.6. The van der Waals surface area contributed by atoms with Crippen LogP contribution in [0.15, 0.2) is 71.3 Å². The molecule has 0 unspecified atom stereocenters. The van der Waals surface area contributed by atoms with Crippen LogP contribution in [0.1, 0.15) is 25.5 Å². The fourth-order valence-electron chi connectivity index (χ4n) is 3.65. The van der Waals surface area contributed by atoms with Crippen LogP contribution in [0.25, 0.3) is 0 Å². The molecule has 3 aromatic rings. The number of imide groups is 1. The van der Waals surface area contributed by atoms with Crippen LogP contribution >= 0.6 is 0 Å². The molecule has 0 radical (unpaired) electrons. The first kappa shape index (κ1) is 23.0. The van der Waals surface area contributed by atoms with Crippen LogP contribution in [0.5, 0.6) is 5.75 Å². The Hall–Kier alpha value is -4.14. The van der Waals surface area contributed by atoms with Crippen molar-refractivity contribution in [3.05, 3.63) is 78.5 Å². The molecule has 9 heteroatoms. The number of halogens is 1. The summed E-state index contributed by atoms with van der Waals surface area (Å²) in [4.78, 5) is 41.4. The van der Waals surface area contributed by atoms with Gasteiger partial charge in [-0.1, -0.05) is 6.92 Å². The molecule has 1 N–H and O–H groups in total. The zero-order valence-corrected chi connectivity index (χ0v) is 18.6. The molecule has 176 valence electrons. The molecule has 4 amide bonds. The van der Waals surface area contributed by atoms with E-state index < -0.39 is 29.7 Å². The third kappa shape index (κ3) is 5.09. The highest BCUT2D eigenvalue weighted by molar-refractivity contribution is 6.22. The molecule has 2 heterocycles. The van der Waals surface area contributed by atoms with E-state index in [1.165, 1.54) is 35.4 Å². The summed E-state index contributed by atoms with van der Waals surface area (Å²) < 4.78 is 24.2. The molecule has 1 saturated heterocycles. The third-order valence-corrected chi connectivity index (χ3v) is 5.30. The monoisotopic (exact) mass is 465 g/mol. The number of nitrogens with one attached hydrogen (secondary N) is 1. The first-order valence-electron chi connectivity index (χ1n) is 10.9. The Bertz CT molecular complexity index is 1150. The number of amides is 4. The molecule has 1 aliphatic rings. The molecule has 8 nitrogen and oxygen atoms in total. The number of carbonyl (C=O) groups excluding carboxylic acids is 3. The molecule has 1 aliphatic heterocycles. The molecule has 0 spiro atoms. The van der Waals surface area contributed by atoms with Crippen molar-refractivity contribution in [3.63, 3.8) is 0 Å². The highest BCUT2D eigenvalue weighted by atomic mass is 19.1. The van der Waals surface area contributed by atoms with Crippen molar-refractivity contribution in [3.8, 4) is 5.75 Å². The number of furan rings is 1. The molecule has 1 fully saturated rings. The number of urea groups is 1. The Labute approximate surface area is 195 Å². The van der Waals surface area contributed by atoms with Gasteiger partial charge in [0.25, 0.3) is 5.91 Å². The number of hydrogen-bond acceptors (Lipinski definition) is 5. The van der Waals surface area contributed by atoms with Crippen molar-refractivity contribution in [2.45, 2.75) is 32.4 Å². The van der Waals surface area contributed by atoms with Crippen molar-refractivity contribution >= 4 is 29.2 Å². The standard InChI is InChI=1S/C25H24FN3O5/c1-2-13-33-20-11-7-18(8-12-20)27-23(30)15-22-24(31)29(19-9-5-17(26)6-10-19)25(32)28(22)16-21-4-3-14-34-21/h3-12,14,22H,2,13,15-16H2,1H3,(H,27,30)/t22-/m0/s1. The lowest BCUT2D eigenvalue weighted by molar-refractivity contribution is -0.124. The number of rotatable bonds is 9. The summed E-state index contributed by atoms with van der Waals surface area (Å²) in [5.41, 5.74) is 0.769. The van der Waals surface area contributed by atoms with E-state index in [4.69, 9.17) is 9.15 Å². The van der Waals surface area contributed by atoms with E-state index in [9.17, 15) is 18.8 Å². The van der Waals surface area contributed by atoms with Crippen LogP contribution in [0.3, 0.4) is 0 Å². The van der Waals surface area contributed by atoms with E-state index in [1.54, 1.807) is 36.4 Å². The predicted octanol–water partition coefficient (Wildman–Crippen LogP) is 4.57. The molecule has 0 saturated carbocycles. The van der Waals surface area contributed by atoms with E-state index in [2.05, 4.69) is 5.32 Å². The van der Waals surface area contributed by atoms with Gasteiger partial charge in [-0.15, -0.1) is 0 Å². The number of benzene rings is 2. The normalized spacial score (nSPS) is 15.6. The van der Waals surface area contributed by atoms with Crippen molar-refractivity contribution in [1.82, 2.24) is 4.90 Å². The number of ether oxygens (including phenoxy) is 1. The molecular weight excluding hydrogens is 441 g/mol. The Morgan fingerprint density at radius 2 is 1.82 bits per heavy atom. The van der Waals surface area contributed by atoms with Gasteiger partial charge in [0, 0.05) is 5.69 Å². The number of anilines is 2. The zero-order valence-electron chi connectivity index (χ0n) is 18.6. The van der Waals surface area contributed by atoms with Gasteiger partial charge in [0.2, 0.25) is 5.91 Å². The second-order valence-corrected chi connectivity index (χ2v) is 7.78. The first-order valence-corrected chi connectivity index (χ1v) is 10.9. The second kappa shape index (κ2) is 10.2. The van der Waals surface area contributed by atoms with Crippen molar-refractivity contribution in [2.75, 3.05) is 16.8 Å². The van der Waals surface area contributed by atoms with Crippen LogP contribution in [0, 0.1) is 5.82 Å². The van der Waals surface area contributed by atoms with Gasteiger partial charge in [-0.2, -0.15) is 0 Å². The Morgan fingerprint density at radius 1 is 1.09 bits per heavy atom. The van der Waals surface area contributed by atoms with Crippen LogP contribution in [-0.2, 0) is 16.1 Å². The average Bonchev–Trinajstić information content (AvgIpc) is 3.42. The van der Waals surface area contributed by atoms with Gasteiger partial charge < -0.3 is 19.4 Å². The minimum absolute atomic E-state index is 0.0106. The fourth-order valence-corrected chi connectivity index (χ4v) is 3.65. The zero-order chi connectivity index (χ0) is 24.1.